The van der Waals surface area contributed by atoms with E-state index in [0.29, 0.717) is 32.5 Å². The summed E-state index contributed by atoms with van der Waals surface area (Å²) in [6.07, 6.45) is 1.35. The maximum Gasteiger partial charge on any atom is 0.251 e. The van der Waals surface area contributed by atoms with Gasteiger partial charge in [-0.1, -0.05) is 35.9 Å². The molecule has 0 aliphatic carbocycles. The number of benzene rings is 2. The molecular weight excluding hydrogens is 460 g/mol. The fourth-order valence-electron chi connectivity index (χ4n) is 4.09. The lowest BCUT2D eigenvalue weighted by atomic mass is 10.0. The molecule has 1 aromatic heterocycles. The van der Waals surface area contributed by atoms with E-state index >= 15 is 0 Å². The molecule has 0 bridgehead atoms. The smallest absolute Gasteiger partial charge is 0.251 e. The summed E-state index contributed by atoms with van der Waals surface area (Å²) in [6.45, 7) is 5.74. The quantitative estimate of drug-likeness (QED) is 0.516. The molecular formula is C24H27ClN4O3S. The van der Waals surface area contributed by atoms with Gasteiger partial charge in [-0.05, 0) is 62.1 Å². The van der Waals surface area contributed by atoms with Gasteiger partial charge in [0.05, 0.1) is 10.7 Å². The van der Waals surface area contributed by atoms with Gasteiger partial charge in [-0.15, -0.1) is 0 Å². The van der Waals surface area contributed by atoms with Crippen LogP contribution in [0.15, 0.2) is 53.4 Å². The normalized spacial score (nSPS) is 14.2. The Labute approximate surface area is 199 Å². The van der Waals surface area contributed by atoms with Crippen LogP contribution in [0.2, 0.25) is 5.02 Å². The number of rotatable bonds is 7. The highest BCUT2D eigenvalue weighted by Crippen LogP contribution is 2.29. The van der Waals surface area contributed by atoms with Crippen LogP contribution in [-0.2, 0) is 29.5 Å². The Morgan fingerprint density at radius 3 is 2.61 bits per heavy atom. The topological polar surface area (TPSA) is 84.3 Å². The Bertz CT molecular complexity index is 1290. The maximum absolute atomic E-state index is 13.3. The van der Waals surface area contributed by atoms with E-state index < -0.39 is 10.0 Å². The molecule has 0 saturated carbocycles. The molecule has 1 N–H and O–H groups in total. The van der Waals surface area contributed by atoms with E-state index in [0.717, 1.165) is 22.5 Å². The second-order valence-electron chi connectivity index (χ2n) is 8.26. The van der Waals surface area contributed by atoms with Crippen LogP contribution in [0.5, 0.6) is 0 Å². The van der Waals surface area contributed by atoms with E-state index in [-0.39, 0.29) is 27.9 Å². The molecule has 3 aromatic rings. The van der Waals surface area contributed by atoms with Crippen molar-refractivity contribution in [3.05, 3.63) is 81.6 Å². The average Bonchev–Trinajstić information content (AvgIpc) is 3.13. The minimum Gasteiger partial charge on any atom is -0.352 e. The molecule has 0 atom stereocenters. The first-order valence-corrected chi connectivity index (χ1v) is 12.7. The van der Waals surface area contributed by atoms with Crippen molar-refractivity contribution in [3.8, 4) is 0 Å². The number of fused-ring (bicyclic) bond motifs is 1. The van der Waals surface area contributed by atoms with Crippen LogP contribution in [0.4, 0.5) is 0 Å². The number of nitrogens with one attached hydrogen (secondary N) is 1. The zero-order valence-electron chi connectivity index (χ0n) is 18.7. The van der Waals surface area contributed by atoms with Crippen LogP contribution in [0.3, 0.4) is 0 Å². The van der Waals surface area contributed by atoms with Crippen molar-refractivity contribution in [2.75, 3.05) is 13.1 Å². The highest BCUT2D eigenvalue weighted by Gasteiger charge is 2.30. The molecule has 2 aromatic carbocycles. The molecule has 2 heterocycles. The minimum atomic E-state index is -3.85. The van der Waals surface area contributed by atoms with Crippen LogP contribution in [-0.4, -0.2) is 41.5 Å². The highest BCUT2D eigenvalue weighted by molar-refractivity contribution is 7.89. The number of hydrogen-bond donors (Lipinski definition) is 1. The van der Waals surface area contributed by atoms with E-state index in [1.807, 2.05) is 48.9 Å². The number of aryl methyl sites for hydroxylation is 3. The molecule has 0 fully saturated rings. The fraction of sp³-hybridized carbons (Fsp3) is 0.333. The van der Waals surface area contributed by atoms with E-state index in [9.17, 15) is 13.2 Å². The van der Waals surface area contributed by atoms with Gasteiger partial charge in [0.15, 0.2) is 0 Å². The summed E-state index contributed by atoms with van der Waals surface area (Å²) in [6, 6.07) is 14.2. The van der Waals surface area contributed by atoms with Crippen LogP contribution in [0, 0.1) is 13.8 Å². The average molecular weight is 487 g/mol. The van der Waals surface area contributed by atoms with E-state index in [1.165, 1.54) is 16.4 Å². The first kappa shape index (κ1) is 23.5. The van der Waals surface area contributed by atoms with Crippen LogP contribution in [0.25, 0.3) is 0 Å². The third-order valence-electron chi connectivity index (χ3n) is 5.84. The number of carbonyl (C=O) groups is 1. The van der Waals surface area contributed by atoms with Crippen LogP contribution in [0.1, 0.15) is 39.3 Å². The Kier molecular flexibility index (Phi) is 6.88. The molecule has 1 aliphatic rings. The molecule has 1 aliphatic heterocycles. The van der Waals surface area contributed by atoms with E-state index in [1.54, 1.807) is 6.07 Å². The lowest BCUT2D eigenvalue weighted by molar-refractivity contribution is 0.0952. The predicted octanol–water partition coefficient (Wildman–Crippen LogP) is 3.72. The fourth-order valence-corrected chi connectivity index (χ4v) is 6.01. The van der Waals surface area contributed by atoms with Crippen molar-refractivity contribution in [1.82, 2.24) is 19.4 Å². The van der Waals surface area contributed by atoms with E-state index in [4.69, 9.17) is 11.6 Å². The molecule has 174 valence electrons. The van der Waals surface area contributed by atoms with E-state index in [2.05, 4.69) is 10.4 Å². The second-order valence-corrected chi connectivity index (χ2v) is 10.6. The Hall–Kier alpha value is -2.68. The van der Waals surface area contributed by atoms with Gasteiger partial charge in [-0.3, -0.25) is 9.48 Å². The molecule has 7 nitrogen and oxygen atoms in total. The summed E-state index contributed by atoms with van der Waals surface area (Å²) in [7, 11) is -3.85. The van der Waals surface area contributed by atoms with Gasteiger partial charge in [0.25, 0.3) is 5.91 Å². The summed E-state index contributed by atoms with van der Waals surface area (Å²) in [5.74, 6) is -0.333. The van der Waals surface area contributed by atoms with Gasteiger partial charge >= 0.3 is 0 Å². The third kappa shape index (κ3) is 5.13. The van der Waals surface area contributed by atoms with Crippen molar-refractivity contribution in [2.45, 2.75) is 44.7 Å². The zero-order chi connectivity index (χ0) is 23.6. The Balaban J connectivity index is 1.43. The first-order chi connectivity index (χ1) is 15.8. The second kappa shape index (κ2) is 9.67. The maximum atomic E-state index is 13.3. The number of sulfonamides is 1. The Morgan fingerprint density at radius 2 is 1.88 bits per heavy atom. The third-order valence-corrected chi connectivity index (χ3v) is 8.17. The molecule has 0 radical (unpaired) electrons. The molecule has 0 spiro atoms. The highest BCUT2D eigenvalue weighted by atomic mass is 35.5. The van der Waals surface area contributed by atoms with Crippen molar-refractivity contribution in [2.24, 2.45) is 0 Å². The van der Waals surface area contributed by atoms with Gasteiger partial charge in [0.2, 0.25) is 10.0 Å². The van der Waals surface area contributed by atoms with Gasteiger partial charge in [0.1, 0.15) is 4.90 Å². The van der Waals surface area contributed by atoms with Gasteiger partial charge in [-0.25, -0.2) is 8.42 Å². The van der Waals surface area contributed by atoms with Gasteiger partial charge in [-0.2, -0.15) is 9.40 Å². The summed E-state index contributed by atoms with van der Waals surface area (Å²) in [4.78, 5) is 12.6. The largest absolute Gasteiger partial charge is 0.352 e. The van der Waals surface area contributed by atoms with Crippen molar-refractivity contribution in [1.29, 1.82) is 0 Å². The van der Waals surface area contributed by atoms with Crippen LogP contribution < -0.4 is 5.32 Å². The van der Waals surface area contributed by atoms with Gasteiger partial charge < -0.3 is 5.32 Å². The number of amides is 1. The van der Waals surface area contributed by atoms with Gasteiger partial charge in [0, 0.05) is 37.4 Å². The zero-order valence-corrected chi connectivity index (χ0v) is 20.3. The number of halogens is 1. The lowest BCUT2D eigenvalue weighted by Crippen LogP contribution is -2.36. The molecule has 0 saturated heterocycles. The summed E-state index contributed by atoms with van der Waals surface area (Å²) in [5, 5.41) is 7.37. The lowest BCUT2D eigenvalue weighted by Gasteiger charge is -2.28. The summed E-state index contributed by atoms with van der Waals surface area (Å²) < 4.78 is 30.0. The number of carbonyl (C=O) groups excluding carboxylic acids is 1. The number of aromatic nitrogens is 2. The molecule has 9 heteroatoms. The molecule has 0 unspecified atom stereocenters. The molecule has 33 heavy (non-hydrogen) atoms. The Morgan fingerprint density at radius 1 is 1.12 bits per heavy atom. The summed E-state index contributed by atoms with van der Waals surface area (Å²) in [5.41, 5.74) is 4.44. The van der Waals surface area contributed by atoms with Crippen molar-refractivity contribution >= 4 is 27.5 Å². The number of nitrogens with zero attached hydrogens (tertiary/aromatic N) is 3. The SMILES string of the molecule is Cc1cc(C)n(CCCNC(=O)c2ccc(Cl)c(S(=O)(=O)N3CCc4ccccc4C3)c2)n1. The minimum absolute atomic E-state index is 0.0427. The standard InChI is InChI=1S/C24H27ClN4O3S/c1-17-14-18(2)29(27-17)12-5-11-26-24(30)20-8-9-22(25)23(15-20)33(31,32)28-13-10-19-6-3-4-7-21(19)16-28/h3-4,6-9,14-15H,5,10-13,16H2,1-2H3,(H,26,30). The predicted molar refractivity (Wildman–Crippen MR) is 128 cm³/mol. The monoisotopic (exact) mass is 486 g/mol. The van der Waals surface area contributed by atoms with Crippen LogP contribution >= 0.6 is 11.6 Å². The first-order valence-electron chi connectivity index (χ1n) is 10.9. The van der Waals surface area contributed by atoms with Crippen molar-refractivity contribution in [3.63, 3.8) is 0 Å². The summed E-state index contributed by atoms with van der Waals surface area (Å²) >= 11 is 6.27. The number of hydrogen-bond acceptors (Lipinski definition) is 4. The molecule has 4 rings (SSSR count). The van der Waals surface area contributed by atoms with Crippen molar-refractivity contribution < 1.29 is 13.2 Å². The molecule has 1 amide bonds.